The van der Waals surface area contributed by atoms with Gasteiger partial charge in [0.15, 0.2) is 11.5 Å². The number of anilines is 1. The van der Waals surface area contributed by atoms with Gasteiger partial charge in [0, 0.05) is 37.9 Å². The summed E-state index contributed by atoms with van der Waals surface area (Å²) in [5, 5.41) is 3.96. The van der Waals surface area contributed by atoms with E-state index >= 15 is 0 Å². The summed E-state index contributed by atoms with van der Waals surface area (Å²) in [7, 11) is 3.26. The number of ether oxygens (including phenoxy) is 3. The van der Waals surface area contributed by atoms with Crippen LogP contribution in [0, 0.1) is 13.8 Å². The second-order valence-corrected chi connectivity index (χ2v) is 8.70. The van der Waals surface area contributed by atoms with Gasteiger partial charge in [0.2, 0.25) is 5.91 Å². The number of carbonyl (C=O) groups is 1. The molecule has 2 heterocycles. The second-order valence-electron chi connectivity index (χ2n) is 8.70. The molecule has 4 rings (SSSR count). The molecule has 3 aromatic rings. The second kappa shape index (κ2) is 11.7. The van der Waals surface area contributed by atoms with Crippen LogP contribution < -0.4 is 19.1 Å². The molecule has 1 fully saturated rings. The van der Waals surface area contributed by atoms with Crippen molar-refractivity contribution in [3.8, 4) is 17.2 Å². The summed E-state index contributed by atoms with van der Waals surface area (Å²) in [6.07, 6.45) is 4.36. The molecule has 0 unspecified atom stereocenters. The number of carbonyl (C=O) groups excluding carboxylic acids is 1. The molecule has 1 aromatic heterocycles. The van der Waals surface area contributed by atoms with E-state index in [2.05, 4.69) is 22.2 Å². The summed E-state index contributed by atoms with van der Waals surface area (Å²) in [6.45, 7) is 7.19. The van der Waals surface area contributed by atoms with Gasteiger partial charge in [0.25, 0.3) is 0 Å². The van der Waals surface area contributed by atoms with Gasteiger partial charge < -0.3 is 28.5 Å². The fourth-order valence-electron chi connectivity index (χ4n) is 4.23. The van der Waals surface area contributed by atoms with Gasteiger partial charge in [-0.1, -0.05) is 11.2 Å². The van der Waals surface area contributed by atoms with E-state index in [4.69, 9.17) is 18.7 Å². The number of methoxy groups -OCH3 is 2. The normalized spacial score (nSPS) is 14.1. The quantitative estimate of drug-likeness (QED) is 0.425. The summed E-state index contributed by atoms with van der Waals surface area (Å²) >= 11 is 0. The average molecular weight is 492 g/mol. The fourth-order valence-corrected chi connectivity index (χ4v) is 4.23. The molecule has 0 saturated carbocycles. The Kier molecular flexibility index (Phi) is 8.15. The predicted octanol–water partition coefficient (Wildman–Crippen LogP) is 4.64. The Morgan fingerprint density at radius 2 is 1.81 bits per heavy atom. The third-order valence-corrected chi connectivity index (χ3v) is 6.40. The predicted molar refractivity (Wildman–Crippen MR) is 139 cm³/mol. The van der Waals surface area contributed by atoms with Crippen molar-refractivity contribution in [3.05, 3.63) is 71.1 Å². The lowest BCUT2D eigenvalue weighted by atomic mass is 10.1. The molecule has 0 N–H and O–H groups in total. The lowest BCUT2D eigenvalue weighted by Gasteiger charge is -2.23. The van der Waals surface area contributed by atoms with Gasteiger partial charge in [-0.15, -0.1) is 0 Å². The zero-order valence-electron chi connectivity index (χ0n) is 21.3. The van der Waals surface area contributed by atoms with Gasteiger partial charge in [-0.25, -0.2) is 0 Å². The smallest absolute Gasteiger partial charge is 0.246 e. The molecule has 36 heavy (non-hydrogen) atoms. The highest BCUT2D eigenvalue weighted by atomic mass is 16.5. The number of hydrogen-bond acceptors (Lipinski definition) is 7. The van der Waals surface area contributed by atoms with Gasteiger partial charge in [0.1, 0.15) is 18.1 Å². The maximum atomic E-state index is 12.9. The number of amides is 1. The number of benzene rings is 2. The Hall–Kier alpha value is -3.94. The van der Waals surface area contributed by atoms with Crippen LogP contribution in [0.5, 0.6) is 17.2 Å². The molecule has 0 aliphatic carbocycles. The number of nitrogens with zero attached hydrogens (tertiary/aromatic N) is 3. The maximum absolute atomic E-state index is 12.9. The molecule has 1 aliphatic heterocycles. The molecule has 8 nitrogen and oxygen atoms in total. The Morgan fingerprint density at radius 1 is 1.00 bits per heavy atom. The van der Waals surface area contributed by atoms with Crippen LogP contribution in [0.4, 0.5) is 5.69 Å². The van der Waals surface area contributed by atoms with Gasteiger partial charge in [0.05, 0.1) is 25.5 Å². The molecular weight excluding hydrogens is 458 g/mol. The van der Waals surface area contributed by atoms with Crippen molar-refractivity contribution in [2.24, 2.45) is 0 Å². The molecule has 2 aromatic carbocycles. The first-order chi connectivity index (χ1) is 17.5. The monoisotopic (exact) mass is 491 g/mol. The molecule has 1 aliphatic rings. The van der Waals surface area contributed by atoms with Crippen LogP contribution in [0.15, 0.2) is 53.1 Å². The third kappa shape index (κ3) is 6.00. The Morgan fingerprint density at radius 3 is 2.50 bits per heavy atom. The van der Waals surface area contributed by atoms with Crippen LogP contribution in [-0.4, -0.2) is 56.4 Å². The van der Waals surface area contributed by atoms with Crippen LogP contribution in [0.1, 0.15) is 29.0 Å². The minimum atomic E-state index is 0.00397. The van der Waals surface area contributed by atoms with E-state index in [1.807, 2.05) is 55.2 Å². The molecule has 1 amide bonds. The van der Waals surface area contributed by atoms with Crippen molar-refractivity contribution in [1.82, 2.24) is 10.1 Å². The minimum absolute atomic E-state index is 0.00397. The Labute approximate surface area is 212 Å². The van der Waals surface area contributed by atoms with E-state index < -0.39 is 0 Å². The molecule has 0 radical (unpaired) electrons. The molecule has 8 heteroatoms. The van der Waals surface area contributed by atoms with Crippen LogP contribution in [0.25, 0.3) is 6.08 Å². The molecular formula is C28H33N3O5. The van der Waals surface area contributed by atoms with Crippen molar-refractivity contribution in [2.45, 2.75) is 26.9 Å². The van der Waals surface area contributed by atoms with Crippen molar-refractivity contribution in [2.75, 3.05) is 45.3 Å². The number of aryl methyl sites for hydroxylation is 2. The molecule has 0 bridgehead atoms. The molecule has 190 valence electrons. The topological polar surface area (TPSA) is 77.3 Å². The minimum Gasteiger partial charge on any atom is -0.497 e. The van der Waals surface area contributed by atoms with E-state index in [1.165, 1.54) is 0 Å². The first-order valence-corrected chi connectivity index (χ1v) is 12.1. The van der Waals surface area contributed by atoms with Gasteiger partial charge in [-0.2, -0.15) is 0 Å². The van der Waals surface area contributed by atoms with E-state index in [9.17, 15) is 4.79 Å². The molecule has 0 spiro atoms. The molecule has 1 saturated heterocycles. The van der Waals surface area contributed by atoms with Crippen molar-refractivity contribution in [1.29, 1.82) is 0 Å². The standard InChI is InChI=1S/C28H33N3O5/c1-20-25(21(2)36-29-20)19-35-26-12-6-22(18-27(26)34-4)7-13-28(32)31-15-5-14-30(16-17-31)23-8-10-24(33-3)11-9-23/h6-13,18H,5,14-17,19H2,1-4H3/b13-7+. The highest BCUT2D eigenvalue weighted by Crippen LogP contribution is 2.30. The van der Waals surface area contributed by atoms with Crippen LogP contribution in [-0.2, 0) is 11.4 Å². The summed E-state index contributed by atoms with van der Waals surface area (Å²) in [5.74, 6) is 2.80. The summed E-state index contributed by atoms with van der Waals surface area (Å²) in [6, 6.07) is 13.7. The lowest BCUT2D eigenvalue weighted by molar-refractivity contribution is -0.125. The van der Waals surface area contributed by atoms with E-state index in [0.29, 0.717) is 24.7 Å². The van der Waals surface area contributed by atoms with E-state index in [-0.39, 0.29) is 5.91 Å². The lowest BCUT2D eigenvalue weighted by Crippen LogP contribution is -2.34. The largest absolute Gasteiger partial charge is 0.497 e. The van der Waals surface area contributed by atoms with Crippen LogP contribution in [0.2, 0.25) is 0 Å². The SMILES string of the molecule is COc1ccc(N2CCCN(C(=O)/C=C/c3ccc(OCc4c(C)noc4C)c(OC)c3)CC2)cc1. The van der Waals surface area contributed by atoms with Crippen molar-refractivity contribution in [3.63, 3.8) is 0 Å². The van der Waals surface area contributed by atoms with Crippen molar-refractivity contribution < 1.29 is 23.5 Å². The van der Waals surface area contributed by atoms with Gasteiger partial charge in [-0.05, 0) is 68.3 Å². The maximum Gasteiger partial charge on any atom is 0.246 e. The zero-order chi connectivity index (χ0) is 25.5. The van der Waals surface area contributed by atoms with E-state index in [0.717, 1.165) is 60.1 Å². The summed E-state index contributed by atoms with van der Waals surface area (Å²) in [5.41, 5.74) is 3.74. The average Bonchev–Trinajstić information content (AvgIpc) is 3.08. The zero-order valence-corrected chi connectivity index (χ0v) is 21.3. The third-order valence-electron chi connectivity index (χ3n) is 6.40. The van der Waals surface area contributed by atoms with Crippen LogP contribution in [0.3, 0.4) is 0 Å². The Balaban J connectivity index is 1.35. The first kappa shape index (κ1) is 25.2. The number of rotatable bonds is 8. The molecule has 0 atom stereocenters. The first-order valence-electron chi connectivity index (χ1n) is 12.1. The van der Waals surface area contributed by atoms with E-state index in [1.54, 1.807) is 20.3 Å². The summed E-state index contributed by atoms with van der Waals surface area (Å²) in [4.78, 5) is 17.1. The van der Waals surface area contributed by atoms with Gasteiger partial charge >= 0.3 is 0 Å². The van der Waals surface area contributed by atoms with Crippen LogP contribution >= 0.6 is 0 Å². The number of aromatic nitrogens is 1. The highest BCUT2D eigenvalue weighted by Gasteiger charge is 2.18. The summed E-state index contributed by atoms with van der Waals surface area (Å²) < 4.78 is 21.9. The van der Waals surface area contributed by atoms with Gasteiger partial charge in [-0.3, -0.25) is 4.79 Å². The highest BCUT2D eigenvalue weighted by molar-refractivity contribution is 5.92. The fraction of sp³-hybridized carbons (Fsp3) is 0.357. The Bertz CT molecular complexity index is 1180. The number of hydrogen-bond donors (Lipinski definition) is 0. The van der Waals surface area contributed by atoms with Crippen molar-refractivity contribution >= 4 is 17.7 Å².